The molecule has 0 aliphatic heterocycles. The summed E-state index contributed by atoms with van der Waals surface area (Å²) in [5, 5.41) is 13.2. The summed E-state index contributed by atoms with van der Waals surface area (Å²) in [5.41, 5.74) is 0.830. The molecule has 0 saturated carbocycles. The van der Waals surface area contributed by atoms with Gasteiger partial charge in [0.2, 0.25) is 0 Å². The third-order valence-corrected chi connectivity index (χ3v) is 2.66. The van der Waals surface area contributed by atoms with Crippen molar-refractivity contribution in [1.82, 2.24) is 9.78 Å². The number of benzene rings is 1. The van der Waals surface area contributed by atoms with Crippen LogP contribution < -0.4 is 4.74 Å². The number of nitrogens with zero attached hydrogens (tertiary/aromatic N) is 2. The van der Waals surface area contributed by atoms with E-state index < -0.39 is 5.97 Å². The largest absolute Gasteiger partial charge is 0.488 e. The zero-order chi connectivity index (χ0) is 13.1. The van der Waals surface area contributed by atoms with Crippen LogP contribution in [0.5, 0.6) is 5.75 Å². The highest BCUT2D eigenvalue weighted by Gasteiger charge is 2.15. The van der Waals surface area contributed by atoms with Crippen molar-refractivity contribution in [2.24, 2.45) is 7.05 Å². The van der Waals surface area contributed by atoms with E-state index in [1.165, 1.54) is 6.07 Å². The monoisotopic (exact) mass is 266 g/mol. The van der Waals surface area contributed by atoms with Gasteiger partial charge in [-0.25, -0.2) is 4.79 Å². The van der Waals surface area contributed by atoms with Gasteiger partial charge in [0.1, 0.15) is 17.9 Å². The lowest BCUT2D eigenvalue weighted by molar-refractivity contribution is 0.0692. The van der Waals surface area contributed by atoms with Crippen LogP contribution in [0.1, 0.15) is 15.9 Å². The molecule has 0 saturated heterocycles. The molecule has 2 aromatic rings. The standard InChI is InChI=1S/C12H11ClN2O3/c1-15-6-8(5-14-15)7-18-10-4-2-3-9(13)11(10)12(16)17/h2-6H,7H2,1H3,(H,16,17). The number of halogens is 1. The molecule has 6 heteroatoms. The highest BCUT2D eigenvalue weighted by molar-refractivity contribution is 6.33. The Morgan fingerprint density at radius 1 is 1.56 bits per heavy atom. The maximum atomic E-state index is 11.1. The molecule has 2 rings (SSSR count). The summed E-state index contributed by atoms with van der Waals surface area (Å²) in [6.07, 6.45) is 3.45. The van der Waals surface area contributed by atoms with Crippen LogP contribution in [0.25, 0.3) is 0 Å². The molecule has 0 spiro atoms. The van der Waals surface area contributed by atoms with Gasteiger partial charge in [-0.1, -0.05) is 17.7 Å². The SMILES string of the molecule is Cn1cc(COc2cccc(Cl)c2C(=O)O)cn1. The molecule has 0 atom stereocenters. The normalized spacial score (nSPS) is 10.3. The topological polar surface area (TPSA) is 64.3 Å². The van der Waals surface area contributed by atoms with E-state index in [2.05, 4.69) is 5.10 Å². The molecule has 0 aliphatic carbocycles. The van der Waals surface area contributed by atoms with Crippen LogP contribution in [0.2, 0.25) is 5.02 Å². The second kappa shape index (κ2) is 5.10. The lowest BCUT2D eigenvalue weighted by Crippen LogP contribution is -2.03. The predicted octanol–water partition coefficient (Wildman–Crippen LogP) is 2.35. The van der Waals surface area contributed by atoms with Crippen molar-refractivity contribution in [3.63, 3.8) is 0 Å². The van der Waals surface area contributed by atoms with Gasteiger partial charge in [0.15, 0.2) is 0 Å². The smallest absolute Gasteiger partial charge is 0.341 e. The number of hydrogen-bond acceptors (Lipinski definition) is 3. The third-order valence-electron chi connectivity index (χ3n) is 2.34. The van der Waals surface area contributed by atoms with Crippen LogP contribution in [0.3, 0.4) is 0 Å². The van der Waals surface area contributed by atoms with E-state index in [9.17, 15) is 4.79 Å². The van der Waals surface area contributed by atoms with E-state index in [4.69, 9.17) is 21.4 Å². The Balaban J connectivity index is 2.19. The Labute approximate surface area is 109 Å². The fourth-order valence-electron chi connectivity index (χ4n) is 1.54. The summed E-state index contributed by atoms with van der Waals surface area (Å²) in [5.74, 6) is -0.861. The second-order valence-electron chi connectivity index (χ2n) is 3.73. The molecule has 0 aliphatic rings. The predicted molar refractivity (Wildman–Crippen MR) is 66.0 cm³/mol. The number of carboxylic acids is 1. The molecule has 18 heavy (non-hydrogen) atoms. The average molecular weight is 267 g/mol. The first-order chi connectivity index (χ1) is 8.58. The number of aromatic nitrogens is 2. The number of aromatic carboxylic acids is 1. The minimum Gasteiger partial charge on any atom is -0.488 e. The van der Waals surface area contributed by atoms with Gasteiger partial charge in [-0.2, -0.15) is 5.10 Å². The zero-order valence-electron chi connectivity index (χ0n) is 9.63. The molecule has 5 nitrogen and oxygen atoms in total. The van der Waals surface area contributed by atoms with Crippen molar-refractivity contribution >= 4 is 17.6 Å². The molecule has 1 aromatic heterocycles. The number of ether oxygens (including phenoxy) is 1. The van der Waals surface area contributed by atoms with Gasteiger partial charge in [-0.05, 0) is 12.1 Å². The Hall–Kier alpha value is -2.01. The van der Waals surface area contributed by atoms with Gasteiger partial charge in [0.25, 0.3) is 0 Å². The maximum Gasteiger partial charge on any atom is 0.341 e. The Morgan fingerprint density at radius 3 is 2.94 bits per heavy atom. The highest BCUT2D eigenvalue weighted by Crippen LogP contribution is 2.26. The molecule has 0 fully saturated rings. The molecular formula is C12H11ClN2O3. The first-order valence-corrected chi connectivity index (χ1v) is 5.58. The van der Waals surface area contributed by atoms with Crippen LogP contribution >= 0.6 is 11.6 Å². The summed E-state index contributed by atoms with van der Waals surface area (Å²) in [7, 11) is 1.80. The van der Waals surface area contributed by atoms with Crippen molar-refractivity contribution in [1.29, 1.82) is 0 Å². The molecule has 0 radical (unpaired) electrons. The molecular weight excluding hydrogens is 256 g/mol. The maximum absolute atomic E-state index is 11.1. The highest BCUT2D eigenvalue weighted by atomic mass is 35.5. The van der Waals surface area contributed by atoms with Crippen LogP contribution in [0, 0.1) is 0 Å². The van der Waals surface area contributed by atoms with E-state index in [-0.39, 0.29) is 22.9 Å². The van der Waals surface area contributed by atoms with E-state index >= 15 is 0 Å². The fraction of sp³-hybridized carbons (Fsp3) is 0.167. The van der Waals surface area contributed by atoms with Crippen molar-refractivity contribution < 1.29 is 14.6 Å². The van der Waals surface area contributed by atoms with Crippen LogP contribution in [0.15, 0.2) is 30.6 Å². The average Bonchev–Trinajstić information content (AvgIpc) is 2.72. The molecule has 0 bridgehead atoms. The van der Waals surface area contributed by atoms with Crippen molar-refractivity contribution in [2.75, 3.05) is 0 Å². The summed E-state index contributed by atoms with van der Waals surface area (Å²) in [6.45, 7) is 0.245. The van der Waals surface area contributed by atoms with E-state index in [0.29, 0.717) is 0 Å². The van der Waals surface area contributed by atoms with Crippen LogP contribution in [0.4, 0.5) is 0 Å². The summed E-state index contributed by atoms with van der Waals surface area (Å²) < 4.78 is 7.11. The lowest BCUT2D eigenvalue weighted by atomic mass is 10.2. The molecule has 0 unspecified atom stereocenters. The Morgan fingerprint density at radius 2 is 2.33 bits per heavy atom. The summed E-state index contributed by atoms with van der Waals surface area (Å²) in [4.78, 5) is 11.1. The molecule has 1 N–H and O–H groups in total. The van der Waals surface area contributed by atoms with Gasteiger partial charge >= 0.3 is 5.97 Å². The van der Waals surface area contributed by atoms with Crippen LogP contribution in [-0.4, -0.2) is 20.9 Å². The van der Waals surface area contributed by atoms with Gasteiger partial charge in [-0.3, -0.25) is 4.68 Å². The van der Waals surface area contributed by atoms with Gasteiger partial charge < -0.3 is 9.84 Å². The number of aryl methyl sites for hydroxylation is 1. The number of hydrogen-bond donors (Lipinski definition) is 1. The third kappa shape index (κ3) is 2.62. The second-order valence-corrected chi connectivity index (χ2v) is 4.14. The van der Waals surface area contributed by atoms with E-state index in [0.717, 1.165) is 5.56 Å². The minimum atomic E-state index is -1.11. The Bertz CT molecular complexity index is 580. The van der Waals surface area contributed by atoms with Crippen molar-refractivity contribution in [2.45, 2.75) is 6.61 Å². The fourth-order valence-corrected chi connectivity index (χ4v) is 1.79. The quantitative estimate of drug-likeness (QED) is 0.923. The minimum absolute atomic E-state index is 0.0249. The lowest BCUT2D eigenvalue weighted by Gasteiger charge is -2.09. The molecule has 1 heterocycles. The molecule has 1 aromatic carbocycles. The first kappa shape index (κ1) is 12.4. The number of carbonyl (C=O) groups is 1. The van der Waals surface area contributed by atoms with E-state index in [1.54, 1.807) is 36.3 Å². The van der Waals surface area contributed by atoms with E-state index in [1.807, 2.05) is 0 Å². The number of rotatable bonds is 4. The van der Waals surface area contributed by atoms with Gasteiger partial charge in [0, 0.05) is 18.8 Å². The summed E-state index contributed by atoms with van der Waals surface area (Å²) in [6, 6.07) is 4.74. The first-order valence-electron chi connectivity index (χ1n) is 5.20. The summed E-state index contributed by atoms with van der Waals surface area (Å²) >= 11 is 5.83. The van der Waals surface area contributed by atoms with Crippen molar-refractivity contribution in [3.8, 4) is 5.75 Å². The van der Waals surface area contributed by atoms with Crippen molar-refractivity contribution in [3.05, 3.63) is 46.7 Å². The van der Waals surface area contributed by atoms with Crippen LogP contribution in [-0.2, 0) is 13.7 Å². The Kier molecular flexibility index (Phi) is 3.53. The number of carboxylic acid groups (broad SMARTS) is 1. The molecule has 94 valence electrons. The van der Waals surface area contributed by atoms with Gasteiger partial charge in [-0.15, -0.1) is 0 Å². The van der Waals surface area contributed by atoms with Gasteiger partial charge in [0.05, 0.1) is 11.2 Å². The zero-order valence-corrected chi connectivity index (χ0v) is 10.4. The molecule has 0 amide bonds.